The van der Waals surface area contributed by atoms with E-state index in [2.05, 4.69) is 44.6 Å². The number of hydrogen-bond acceptors (Lipinski definition) is 9. The fraction of sp³-hybridized carbons (Fsp3) is 0.318. The van der Waals surface area contributed by atoms with E-state index in [4.69, 9.17) is 17.3 Å². The second-order valence-electron chi connectivity index (χ2n) is 8.13. The quantitative estimate of drug-likeness (QED) is 0.288. The predicted molar refractivity (Wildman–Crippen MR) is 125 cm³/mol. The first kappa shape index (κ1) is 20.8. The van der Waals surface area contributed by atoms with Gasteiger partial charge in [0.2, 0.25) is 0 Å². The Morgan fingerprint density at radius 3 is 2.61 bits per heavy atom. The van der Waals surface area contributed by atoms with Crippen molar-refractivity contribution in [2.24, 2.45) is 17.5 Å². The van der Waals surface area contributed by atoms with E-state index in [-0.39, 0.29) is 5.54 Å². The number of nitrogens with two attached hydrogens (primary N) is 3. The van der Waals surface area contributed by atoms with Crippen molar-refractivity contribution in [3.63, 3.8) is 0 Å². The molecule has 3 aromatic heterocycles. The van der Waals surface area contributed by atoms with Crippen molar-refractivity contribution < 1.29 is 0 Å². The molecule has 0 amide bonds. The summed E-state index contributed by atoms with van der Waals surface area (Å²) >= 11 is 0. The van der Waals surface area contributed by atoms with E-state index in [0.29, 0.717) is 28.9 Å². The summed E-state index contributed by atoms with van der Waals surface area (Å²) in [6.45, 7) is 2.24. The van der Waals surface area contributed by atoms with Crippen LogP contribution in [0.1, 0.15) is 31.0 Å². The van der Waals surface area contributed by atoms with Gasteiger partial charge < -0.3 is 27.1 Å². The van der Waals surface area contributed by atoms with Crippen molar-refractivity contribution in [2.45, 2.75) is 25.3 Å². The molecule has 3 aromatic rings. The molecule has 3 heterocycles. The molecule has 4 rings (SSSR count). The molecular weight excluding hydrogens is 390 g/mol. The van der Waals surface area contributed by atoms with Crippen molar-refractivity contribution in [3.05, 3.63) is 54.1 Å². The number of hydrogen-bond donors (Lipinski definition) is 5. The lowest BCUT2D eigenvalue weighted by molar-refractivity contribution is 0.346. The van der Waals surface area contributed by atoms with Crippen molar-refractivity contribution in [2.75, 3.05) is 25.1 Å². The molecule has 0 spiro atoms. The summed E-state index contributed by atoms with van der Waals surface area (Å²) in [5.41, 5.74) is 14.2. The molecule has 1 aliphatic rings. The van der Waals surface area contributed by atoms with Gasteiger partial charge in [0, 0.05) is 36.6 Å². The van der Waals surface area contributed by atoms with Gasteiger partial charge in [-0.3, -0.25) is 0 Å². The van der Waals surface area contributed by atoms with Gasteiger partial charge in [0.15, 0.2) is 0 Å². The fourth-order valence-electron chi connectivity index (χ4n) is 3.96. The second kappa shape index (κ2) is 8.01. The van der Waals surface area contributed by atoms with E-state index in [1.807, 2.05) is 25.4 Å². The van der Waals surface area contributed by atoms with Crippen LogP contribution in [-0.4, -0.2) is 34.1 Å². The number of nitrogens with one attached hydrogen (secondary N) is 2. The Morgan fingerprint density at radius 1 is 1.23 bits per heavy atom. The molecule has 1 unspecified atom stereocenters. The Labute approximate surface area is 181 Å². The molecule has 9 nitrogen and oxygen atoms in total. The van der Waals surface area contributed by atoms with Gasteiger partial charge in [-0.1, -0.05) is 0 Å². The second-order valence-corrected chi connectivity index (χ2v) is 8.13. The third kappa shape index (κ3) is 3.97. The first-order chi connectivity index (χ1) is 14.9. The molecule has 0 saturated heterocycles. The van der Waals surface area contributed by atoms with E-state index in [1.54, 1.807) is 13.2 Å². The predicted octanol–water partition coefficient (Wildman–Crippen LogP) is 2.26. The minimum atomic E-state index is -0.0651. The third-order valence-corrected chi connectivity index (χ3v) is 6.07. The number of aromatic nitrogens is 3. The van der Waals surface area contributed by atoms with Crippen LogP contribution in [0.2, 0.25) is 0 Å². The van der Waals surface area contributed by atoms with Crippen molar-refractivity contribution in [3.8, 4) is 0 Å². The smallest absolute Gasteiger partial charge is 0.133 e. The Hall–Kier alpha value is -3.43. The highest BCUT2D eigenvalue weighted by Gasteiger charge is 2.41. The average Bonchev–Trinajstić information content (AvgIpc) is 3.59. The molecular formula is C22H29N9. The number of pyridine rings is 3. The monoisotopic (exact) mass is 419 g/mol. The van der Waals surface area contributed by atoms with Crippen LogP contribution in [0.15, 0.2) is 42.9 Å². The first-order valence-corrected chi connectivity index (χ1v) is 10.2. The molecule has 162 valence electrons. The van der Waals surface area contributed by atoms with E-state index >= 15 is 0 Å². The molecule has 1 saturated carbocycles. The summed E-state index contributed by atoms with van der Waals surface area (Å²) < 4.78 is 0. The van der Waals surface area contributed by atoms with E-state index < -0.39 is 0 Å². The minimum Gasteiger partial charge on any atom is -0.403 e. The van der Waals surface area contributed by atoms with Crippen LogP contribution in [0.25, 0.3) is 16.5 Å². The van der Waals surface area contributed by atoms with Crippen molar-refractivity contribution in [1.29, 1.82) is 0 Å². The van der Waals surface area contributed by atoms with Crippen molar-refractivity contribution in [1.82, 2.24) is 25.3 Å². The standard InChI is InChI=1S/C22H29N9/c1-22(26-2,14-4-5-14)15-6-7-27-20(10-15)30-19-9-13-8-17(18(11-23)31(3)25)29-21(24)16(13)12-28-19/h6-12,14,26H,4-5,23,25H2,1-3H3,(H2,24,29)(H,27,28,30)/b18-11-. The van der Waals surface area contributed by atoms with Gasteiger partial charge in [-0.15, -0.1) is 0 Å². The highest BCUT2D eigenvalue weighted by Crippen LogP contribution is 2.45. The van der Waals surface area contributed by atoms with Gasteiger partial charge in [-0.2, -0.15) is 0 Å². The maximum atomic E-state index is 6.15. The van der Waals surface area contributed by atoms with Crippen LogP contribution in [-0.2, 0) is 5.54 Å². The fourth-order valence-corrected chi connectivity index (χ4v) is 3.96. The van der Waals surface area contributed by atoms with E-state index in [9.17, 15) is 0 Å². The zero-order chi connectivity index (χ0) is 22.2. The Morgan fingerprint density at radius 2 is 1.97 bits per heavy atom. The highest BCUT2D eigenvalue weighted by atomic mass is 15.4. The van der Waals surface area contributed by atoms with Crippen LogP contribution in [0.3, 0.4) is 0 Å². The number of rotatable bonds is 7. The maximum absolute atomic E-state index is 6.15. The number of fused-ring (bicyclic) bond motifs is 1. The van der Waals surface area contributed by atoms with Gasteiger partial charge in [0.1, 0.15) is 17.5 Å². The molecule has 1 aliphatic carbocycles. The first-order valence-electron chi connectivity index (χ1n) is 10.2. The van der Waals surface area contributed by atoms with Gasteiger partial charge in [-0.25, -0.2) is 20.8 Å². The summed E-state index contributed by atoms with van der Waals surface area (Å²) in [5.74, 6) is 8.26. The topological polar surface area (TPSA) is 144 Å². The Kier molecular flexibility index (Phi) is 5.38. The number of nitrogens with zero attached hydrogens (tertiary/aromatic N) is 4. The average molecular weight is 420 g/mol. The lowest BCUT2D eigenvalue weighted by Gasteiger charge is -2.30. The summed E-state index contributed by atoms with van der Waals surface area (Å²) in [4.78, 5) is 13.4. The van der Waals surface area contributed by atoms with Crippen LogP contribution >= 0.6 is 0 Å². The third-order valence-electron chi connectivity index (χ3n) is 6.07. The lowest BCUT2D eigenvalue weighted by atomic mass is 9.87. The van der Waals surface area contributed by atoms with Gasteiger partial charge >= 0.3 is 0 Å². The number of hydrazine groups is 1. The molecule has 0 bridgehead atoms. The largest absolute Gasteiger partial charge is 0.403 e. The number of nitrogen functional groups attached to an aromatic ring is 1. The molecule has 0 radical (unpaired) electrons. The zero-order valence-corrected chi connectivity index (χ0v) is 18.1. The summed E-state index contributed by atoms with van der Waals surface area (Å²) in [7, 11) is 3.70. The zero-order valence-electron chi connectivity index (χ0n) is 18.1. The number of anilines is 3. The highest BCUT2D eigenvalue weighted by molar-refractivity contribution is 5.93. The van der Waals surface area contributed by atoms with E-state index in [0.717, 1.165) is 16.6 Å². The Balaban J connectivity index is 1.67. The summed E-state index contributed by atoms with van der Waals surface area (Å²) in [6, 6.07) is 7.94. The van der Waals surface area contributed by atoms with Gasteiger partial charge in [0.25, 0.3) is 0 Å². The molecule has 1 fully saturated rings. The molecule has 0 aromatic carbocycles. The van der Waals surface area contributed by atoms with Gasteiger partial charge in [0.05, 0.1) is 11.4 Å². The SMILES string of the molecule is CNC(C)(c1ccnc(Nc2cc3cc(/C(=C/N)N(C)N)nc(N)c3cn2)c1)C1CC1. The summed E-state index contributed by atoms with van der Waals surface area (Å²) in [6.07, 6.45) is 7.41. The van der Waals surface area contributed by atoms with Crippen LogP contribution in [0.5, 0.6) is 0 Å². The molecule has 0 aliphatic heterocycles. The maximum Gasteiger partial charge on any atom is 0.133 e. The van der Waals surface area contributed by atoms with Crippen LogP contribution in [0.4, 0.5) is 17.5 Å². The molecule has 31 heavy (non-hydrogen) atoms. The Bertz CT molecular complexity index is 1140. The van der Waals surface area contributed by atoms with Crippen molar-refractivity contribution >= 4 is 33.9 Å². The van der Waals surface area contributed by atoms with E-state index in [1.165, 1.54) is 29.6 Å². The normalized spacial score (nSPS) is 16.2. The summed E-state index contributed by atoms with van der Waals surface area (Å²) in [5, 5.41) is 9.83. The van der Waals surface area contributed by atoms with Gasteiger partial charge in [-0.05, 0) is 67.9 Å². The molecule has 1 atom stereocenters. The molecule has 8 N–H and O–H groups in total. The molecule has 9 heteroatoms. The van der Waals surface area contributed by atoms with Crippen LogP contribution in [0, 0.1) is 5.92 Å². The minimum absolute atomic E-state index is 0.0651. The lowest BCUT2D eigenvalue weighted by Crippen LogP contribution is -2.39. The van der Waals surface area contributed by atoms with Crippen LogP contribution < -0.4 is 27.9 Å².